The molecule has 2 aromatic heterocycles. The molecule has 2 aromatic carbocycles. The van der Waals surface area contributed by atoms with Crippen LogP contribution in [-0.2, 0) is 0 Å². The summed E-state index contributed by atoms with van der Waals surface area (Å²) in [6, 6.07) is 18.0. The van der Waals surface area contributed by atoms with E-state index in [2.05, 4.69) is 43.0 Å². The molecule has 0 aliphatic carbocycles. The summed E-state index contributed by atoms with van der Waals surface area (Å²) in [5.74, 6) is 2.05. The van der Waals surface area contributed by atoms with Gasteiger partial charge in [0, 0.05) is 33.3 Å². The lowest BCUT2D eigenvalue weighted by atomic mass is 10.2. The van der Waals surface area contributed by atoms with Crippen LogP contribution >= 0.6 is 22.6 Å². The zero-order chi connectivity index (χ0) is 20.2. The average Bonchev–Trinajstić information content (AvgIpc) is 3.24. The molecular weight excluding hydrogens is 481 g/mol. The van der Waals surface area contributed by atoms with E-state index in [1.54, 1.807) is 66.5 Å². The highest BCUT2D eigenvalue weighted by Gasteiger charge is 2.08. The number of amides is 1. The van der Waals surface area contributed by atoms with Gasteiger partial charge in [0.1, 0.15) is 11.6 Å². The number of carbonyl (C=O) groups excluding carboxylic acids is 1. The molecule has 0 unspecified atom stereocenters. The third-order valence-electron chi connectivity index (χ3n) is 3.98. The fraction of sp³-hybridized carbons (Fsp3) is 0.0476. The summed E-state index contributed by atoms with van der Waals surface area (Å²) in [6.07, 6.45) is 3.48. The molecule has 1 amide bonds. The molecule has 7 nitrogen and oxygen atoms in total. The van der Waals surface area contributed by atoms with Crippen LogP contribution in [-0.4, -0.2) is 25.7 Å². The lowest BCUT2D eigenvalue weighted by molar-refractivity contribution is 0.102. The van der Waals surface area contributed by atoms with Gasteiger partial charge in [-0.2, -0.15) is 10.1 Å². The number of carbonyl (C=O) groups is 1. The van der Waals surface area contributed by atoms with E-state index in [1.807, 2.05) is 18.2 Å². The molecule has 144 valence electrons. The van der Waals surface area contributed by atoms with Gasteiger partial charge in [-0.05, 0) is 84.1 Å². The smallest absolute Gasteiger partial charge is 0.255 e. The Kier molecular flexibility index (Phi) is 5.52. The third kappa shape index (κ3) is 4.77. The minimum atomic E-state index is -0.162. The van der Waals surface area contributed by atoms with Crippen molar-refractivity contribution in [3.8, 4) is 17.4 Å². The number of halogens is 1. The van der Waals surface area contributed by atoms with Gasteiger partial charge in [-0.3, -0.25) is 4.79 Å². The second kappa shape index (κ2) is 8.39. The van der Waals surface area contributed by atoms with Gasteiger partial charge in [-0.1, -0.05) is 0 Å². The van der Waals surface area contributed by atoms with Gasteiger partial charge in [0.05, 0.1) is 0 Å². The van der Waals surface area contributed by atoms with Gasteiger partial charge in [0.25, 0.3) is 5.91 Å². The molecular formula is C21H16IN5O2. The number of hydrogen-bond acceptors (Lipinski definition) is 5. The lowest BCUT2D eigenvalue weighted by Crippen LogP contribution is -2.11. The van der Waals surface area contributed by atoms with E-state index in [-0.39, 0.29) is 5.91 Å². The molecule has 0 saturated heterocycles. The van der Waals surface area contributed by atoms with Crippen LogP contribution in [0.3, 0.4) is 0 Å². The molecule has 0 radical (unpaired) electrons. The van der Waals surface area contributed by atoms with E-state index < -0.39 is 0 Å². The molecule has 0 aliphatic heterocycles. The van der Waals surface area contributed by atoms with Gasteiger partial charge in [0.2, 0.25) is 5.88 Å². The average molecular weight is 497 g/mol. The Labute approximate surface area is 180 Å². The zero-order valence-corrected chi connectivity index (χ0v) is 17.6. The summed E-state index contributed by atoms with van der Waals surface area (Å²) in [5.41, 5.74) is 1.28. The Hall–Kier alpha value is -3.27. The van der Waals surface area contributed by atoms with E-state index in [1.165, 1.54) is 0 Å². The highest BCUT2D eigenvalue weighted by Crippen LogP contribution is 2.23. The monoisotopic (exact) mass is 497 g/mol. The molecule has 29 heavy (non-hydrogen) atoms. The van der Waals surface area contributed by atoms with Crippen molar-refractivity contribution >= 4 is 34.2 Å². The van der Waals surface area contributed by atoms with E-state index in [0.717, 1.165) is 3.57 Å². The summed E-state index contributed by atoms with van der Waals surface area (Å²) >= 11 is 2.20. The van der Waals surface area contributed by atoms with Crippen molar-refractivity contribution in [1.29, 1.82) is 0 Å². The zero-order valence-electron chi connectivity index (χ0n) is 15.4. The maximum Gasteiger partial charge on any atom is 0.255 e. The standard InChI is InChI=1S/C21H16IN5O2/c1-14-24-19(27-12-2-11-23-27)13-20(25-14)29-18-9-7-17(8-10-18)26-21(28)15-3-5-16(22)6-4-15/h2-13H,1H3,(H,26,28). The maximum atomic E-state index is 12.3. The first-order valence-corrected chi connectivity index (χ1v) is 9.85. The van der Waals surface area contributed by atoms with Crippen LogP contribution in [0.25, 0.3) is 5.82 Å². The number of rotatable bonds is 5. The van der Waals surface area contributed by atoms with Gasteiger partial charge >= 0.3 is 0 Å². The number of aromatic nitrogens is 4. The molecule has 0 bridgehead atoms. The fourth-order valence-electron chi connectivity index (χ4n) is 2.63. The van der Waals surface area contributed by atoms with Crippen LogP contribution < -0.4 is 10.1 Å². The van der Waals surface area contributed by atoms with E-state index in [0.29, 0.717) is 34.5 Å². The molecule has 8 heteroatoms. The SMILES string of the molecule is Cc1nc(Oc2ccc(NC(=O)c3ccc(I)cc3)cc2)cc(-n2cccn2)n1. The molecule has 0 saturated carbocycles. The number of nitrogens with one attached hydrogen (secondary N) is 1. The van der Waals surface area contributed by atoms with E-state index in [4.69, 9.17) is 4.74 Å². The first kappa shape index (κ1) is 19.1. The van der Waals surface area contributed by atoms with Crippen molar-refractivity contribution in [3.63, 3.8) is 0 Å². The number of anilines is 1. The second-order valence-electron chi connectivity index (χ2n) is 6.15. The molecule has 0 aliphatic rings. The van der Waals surface area contributed by atoms with Crippen molar-refractivity contribution in [1.82, 2.24) is 19.7 Å². The number of ether oxygens (including phenoxy) is 1. The highest BCUT2D eigenvalue weighted by molar-refractivity contribution is 14.1. The Morgan fingerprint density at radius 3 is 2.52 bits per heavy atom. The molecule has 4 aromatic rings. The normalized spacial score (nSPS) is 10.6. The Bertz CT molecular complexity index is 1130. The van der Waals surface area contributed by atoms with Crippen LogP contribution in [0.4, 0.5) is 5.69 Å². The Morgan fingerprint density at radius 2 is 1.83 bits per heavy atom. The number of benzene rings is 2. The summed E-state index contributed by atoms with van der Waals surface area (Å²) < 4.78 is 8.57. The van der Waals surface area contributed by atoms with Crippen LogP contribution in [0.1, 0.15) is 16.2 Å². The van der Waals surface area contributed by atoms with Crippen molar-refractivity contribution in [2.75, 3.05) is 5.32 Å². The number of hydrogen-bond donors (Lipinski definition) is 1. The van der Waals surface area contributed by atoms with Crippen molar-refractivity contribution < 1.29 is 9.53 Å². The summed E-state index contributed by atoms with van der Waals surface area (Å²) in [5, 5.41) is 7.05. The maximum absolute atomic E-state index is 12.3. The van der Waals surface area contributed by atoms with Gasteiger partial charge in [-0.25, -0.2) is 9.67 Å². The first-order chi connectivity index (χ1) is 14.1. The summed E-state index contributed by atoms with van der Waals surface area (Å²) in [4.78, 5) is 21.0. The fourth-order valence-corrected chi connectivity index (χ4v) is 2.99. The lowest BCUT2D eigenvalue weighted by Gasteiger charge is -2.09. The quantitative estimate of drug-likeness (QED) is 0.407. The Balaban J connectivity index is 1.46. The minimum absolute atomic E-state index is 0.162. The van der Waals surface area contributed by atoms with E-state index >= 15 is 0 Å². The van der Waals surface area contributed by atoms with Crippen LogP contribution in [0.15, 0.2) is 73.1 Å². The predicted octanol–water partition coefficient (Wildman–Crippen LogP) is 4.62. The molecule has 0 spiro atoms. The van der Waals surface area contributed by atoms with Gasteiger partial charge in [-0.15, -0.1) is 0 Å². The molecule has 2 heterocycles. The highest BCUT2D eigenvalue weighted by atomic mass is 127. The first-order valence-electron chi connectivity index (χ1n) is 8.77. The van der Waals surface area contributed by atoms with Crippen LogP contribution in [0.5, 0.6) is 11.6 Å². The summed E-state index contributed by atoms with van der Waals surface area (Å²) in [6.45, 7) is 1.79. The summed E-state index contributed by atoms with van der Waals surface area (Å²) in [7, 11) is 0. The number of nitrogens with zero attached hydrogens (tertiary/aromatic N) is 4. The predicted molar refractivity (Wildman–Crippen MR) is 118 cm³/mol. The van der Waals surface area contributed by atoms with Crippen LogP contribution in [0, 0.1) is 10.5 Å². The van der Waals surface area contributed by atoms with Crippen molar-refractivity contribution in [2.24, 2.45) is 0 Å². The van der Waals surface area contributed by atoms with Gasteiger partial charge in [0.15, 0.2) is 5.82 Å². The molecule has 1 N–H and O–H groups in total. The number of aryl methyl sites for hydroxylation is 1. The van der Waals surface area contributed by atoms with Crippen LogP contribution in [0.2, 0.25) is 0 Å². The molecule has 4 rings (SSSR count). The largest absolute Gasteiger partial charge is 0.439 e. The third-order valence-corrected chi connectivity index (χ3v) is 4.70. The molecule has 0 atom stereocenters. The van der Waals surface area contributed by atoms with Crippen molar-refractivity contribution in [3.05, 3.63) is 88.0 Å². The molecule has 0 fully saturated rings. The Morgan fingerprint density at radius 1 is 1.07 bits per heavy atom. The topological polar surface area (TPSA) is 81.9 Å². The minimum Gasteiger partial charge on any atom is -0.439 e. The van der Waals surface area contributed by atoms with E-state index in [9.17, 15) is 4.79 Å². The van der Waals surface area contributed by atoms with Crippen molar-refractivity contribution in [2.45, 2.75) is 6.92 Å². The second-order valence-corrected chi connectivity index (χ2v) is 7.40. The van der Waals surface area contributed by atoms with Gasteiger partial charge < -0.3 is 10.1 Å².